The molecular weight excluding hydrogens is 256 g/mol. The first-order valence-corrected chi connectivity index (χ1v) is 7.11. The second-order valence-electron chi connectivity index (χ2n) is 4.39. The summed E-state index contributed by atoms with van der Waals surface area (Å²) in [5.74, 6) is -0.915. The maximum Gasteiger partial charge on any atom is 0.309 e. The van der Waals surface area contributed by atoms with E-state index in [9.17, 15) is 13.2 Å². The summed E-state index contributed by atoms with van der Waals surface area (Å²) in [5, 5.41) is 8.57. The van der Waals surface area contributed by atoms with E-state index in [0.717, 1.165) is 0 Å². The first kappa shape index (κ1) is 14.4. The molecule has 0 atom stereocenters. The first-order chi connectivity index (χ1) is 8.28. The highest BCUT2D eigenvalue weighted by Gasteiger charge is 2.13. The fourth-order valence-electron chi connectivity index (χ4n) is 1.40. The maximum atomic E-state index is 11.6. The van der Waals surface area contributed by atoms with Gasteiger partial charge >= 0.3 is 5.97 Å². The normalized spacial score (nSPS) is 11.5. The van der Waals surface area contributed by atoms with E-state index in [2.05, 4.69) is 9.71 Å². The van der Waals surface area contributed by atoms with Gasteiger partial charge in [-0.1, -0.05) is 13.8 Å². The maximum absolute atomic E-state index is 11.6. The fraction of sp³-hybridized carbons (Fsp3) is 0.455. The number of sulfonamides is 1. The van der Waals surface area contributed by atoms with Gasteiger partial charge in [0.1, 0.15) is 0 Å². The summed E-state index contributed by atoms with van der Waals surface area (Å²) in [6.45, 7) is 3.63. The molecule has 1 heterocycles. The Morgan fingerprint density at radius 1 is 1.44 bits per heavy atom. The predicted octanol–water partition coefficient (Wildman–Crippen LogP) is 1.11. The van der Waals surface area contributed by atoms with Crippen LogP contribution in [-0.2, 0) is 21.2 Å². The number of nitrogens with zero attached hydrogens (tertiary/aromatic N) is 1. The summed E-state index contributed by atoms with van der Waals surface area (Å²) >= 11 is 0. The van der Waals surface area contributed by atoms with Crippen molar-refractivity contribution in [3.05, 3.63) is 24.0 Å². The van der Waals surface area contributed by atoms with Crippen molar-refractivity contribution in [3.63, 3.8) is 0 Å². The molecule has 7 heteroatoms. The van der Waals surface area contributed by atoms with Crippen LogP contribution >= 0.6 is 0 Å². The molecule has 0 saturated heterocycles. The second-order valence-corrected chi connectivity index (χ2v) is 6.15. The van der Waals surface area contributed by atoms with Crippen LogP contribution in [-0.4, -0.2) is 30.2 Å². The summed E-state index contributed by atoms with van der Waals surface area (Å²) in [5.41, 5.74) is 0.721. The Labute approximate surface area is 106 Å². The van der Waals surface area contributed by atoms with Crippen LogP contribution in [0.1, 0.15) is 19.5 Å². The minimum Gasteiger partial charge on any atom is -0.481 e. The van der Waals surface area contributed by atoms with Gasteiger partial charge < -0.3 is 5.11 Å². The molecular formula is C11H16N2O4S. The molecule has 0 aliphatic heterocycles. The van der Waals surface area contributed by atoms with E-state index in [1.165, 1.54) is 18.3 Å². The minimum absolute atomic E-state index is 0.0294. The smallest absolute Gasteiger partial charge is 0.309 e. The van der Waals surface area contributed by atoms with Crippen LogP contribution in [0.25, 0.3) is 0 Å². The number of carbonyl (C=O) groups is 1. The van der Waals surface area contributed by atoms with E-state index in [-0.39, 0.29) is 18.1 Å². The van der Waals surface area contributed by atoms with E-state index < -0.39 is 16.0 Å². The fourth-order valence-corrected chi connectivity index (χ4v) is 2.85. The lowest BCUT2D eigenvalue weighted by Gasteiger charge is -2.09. The lowest BCUT2D eigenvalue weighted by molar-refractivity contribution is -0.136. The van der Waals surface area contributed by atoms with E-state index in [4.69, 9.17) is 5.11 Å². The lowest BCUT2D eigenvalue weighted by Crippen LogP contribution is -2.20. The molecule has 0 bridgehead atoms. The average Bonchev–Trinajstić information content (AvgIpc) is 2.17. The highest BCUT2D eigenvalue weighted by Crippen LogP contribution is 2.10. The number of carboxylic acid groups (broad SMARTS) is 1. The number of carboxylic acids is 1. The monoisotopic (exact) mass is 272 g/mol. The van der Waals surface area contributed by atoms with Gasteiger partial charge in [-0.2, -0.15) is 0 Å². The van der Waals surface area contributed by atoms with Crippen molar-refractivity contribution in [2.24, 2.45) is 5.92 Å². The van der Waals surface area contributed by atoms with Crippen molar-refractivity contribution in [2.75, 3.05) is 10.5 Å². The largest absolute Gasteiger partial charge is 0.481 e. The molecule has 0 aromatic carbocycles. The molecule has 0 fully saturated rings. The van der Waals surface area contributed by atoms with Gasteiger partial charge in [0, 0.05) is 0 Å². The number of aliphatic carboxylic acids is 1. The van der Waals surface area contributed by atoms with Crippen molar-refractivity contribution in [2.45, 2.75) is 20.3 Å². The predicted molar refractivity (Wildman–Crippen MR) is 67.8 cm³/mol. The first-order valence-electron chi connectivity index (χ1n) is 5.46. The van der Waals surface area contributed by atoms with E-state index in [0.29, 0.717) is 11.4 Å². The molecule has 0 radical (unpaired) electrons. The van der Waals surface area contributed by atoms with Gasteiger partial charge in [0.05, 0.1) is 29.8 Å². The molecule has 0 amide bonds. The lowest BCUT2D eigenvalue weighted by atomic mass is 10.3. The SMILES string of the molecule is CC(C)CS(=O)(=O)Nc1ccc(CC(=O)O)nc1. The molecule has 100 valence electrons. The molecule has 2 N–H and O–H groups in total. The number of nitrogens with one attached hydrogen (secondary N) is 1. The van der Waals surface area contributed by atoms with Crippen LogP contribution < -0.4 is 4.72 Å². The van der Waals surface area contributed by atoms with E-state index >= 15 is 0 Å². The summed E-state index contributed by atoms with van der Waals surface area (Å²) in [6, 6.07) is 2.99. The van der Waals surface area contributed by atoms with Crippen molar-refractivity contribution >= 4 is 21.7 Å². The number of rotatable bonds is 6. The number of hydrogen-bond acceptors (Lipinski definition) is 4. The van der Waals surface area contributed by atoms with Gasteiger partial charge in [0.25, 0.3) is 0 Å². The number of hydrogen-bond donors (Lipinski definition) is 2. The van der Waals surface area contributed by atoms with Gasteiger partial charge in [-0.25, -0.2) is 8.42 Å². The van der Waals surface area contributed by atoms with Crippen molar-refractivity contribution in [1.82, 2.24) is 4.98 Å². The van der Waals surface area contributed by atoms with Gasteiger partial charge in [0.2, 0.25) is 10.0 Å². The summed E-state index contributed by atoms with van der Waals surface area (Å²) in [7, 11) is -3.38. The van der Waals surface area contributed by atoms with Gasteiger partial charge in [-0.15, -0.1) is 0 Å². The minimum atomic E-state index is -3.38. The molecule has 1 rings (SSSR count). The Bertz CT molecular complexity index is 508. The van der Waals surface area contributed by atoms with E-state index in [1.54, 1.807) is 0 Å². The second kappa shape index (κ2) is 5.81. The molecule has 0 unspecified atom stereocenters. The summed E-state index contributed by atoms with van der Waals surface area (Å²) in [6.07, 6.45) is 1.13. The third-order valence-corrected chi connectivity index (χ3v) is 3.64. The van der Waals surface area contributed by atoms with Crippen LogP contribution in [0.2, 0.25) is 0 Å². The quantitative estimate of drug-likeness (QED) is 0.808. The Morgan fingerprint density at radius 3 is 2.56 bits per heavy atom. The summed E-state index contributed by atoms with van der Waals surface area (Å²) < 4.78 is 25.7. The van der Waals surface area contributed by atoms with Crippen LogP contribution in [0.3, 0.4) is 0 Å². The standard InChI is InChI=1S/C11H16N2O4S/c1-8(2)7-18(16,17)13-10-4-3-9(12-6-10)5-11(14)15/h3-4,6,8,13H,5,7H2,1-2H3,(H,14,15). The van der Waals surface area contributed by atoms with Gasteiger partial charge in [-0.3, -0.25) is 14.5 Å². The molecule has 0 spiro atoms. The molecule has 6 nitrogen and oxygen atoms in total. The third-order valence-electron chi connectivity index (χ3n) is 1.98. The Morgan fingerprint density at radius 2 is 2.11 bits per heavy atom. The summed E-state index contributed by atoms with van der Waals surface area (Å²) in [4.78, 5) is 14.3. The molecule has 18 heavy (non-hydrogen) atoms. The Balaban J connectivity index is 2.72. The molecule has 0 saturated carbocycles. The Kier molecular flexibility index (Phi) is 4.66. The van der Waals surface area contributed by atoms with E-state index in [1.807, 2.05) is 13.8 Å². The molecule has 1 aromatic heterocycles. The number of pyridine rings is 1. The van der Waals surface area contributed by atoms with Crippen LogP contribution in [0.4, 0.5) is 5.69 Å². The number of aromatic nitrogens is 1. The third kappa shape index (κ3) is 5.13. The van der Waals surface area contributed by atoms with Gasteiger partial charge in [-0.05, 0) is 18.1 Å². The topological polar surface area (TPSA) is 96.4 Å². The van der Waals surface area contributed by atoms with Crippen LogP contribution in [0.15, 0.2) is 18.3 Å². The average molecular weight is 272 g/mol. The van der Waals surface area contributed by atoms with Crippen molar-refractivity contribution in [1.29, 1.82) is 0 Å². The highest BCUT2D eigenvalue weighted by molar-refractivity contribution is 7.92. The van der Waals surface area contributed by atoms with Crippen LogP contribution in [0, 0.1) is 5.92 Å². The zero-order valence-electron chi connectivity index (χ0n) is 10.3. The Hall–Kier alpha value is -1.63. The van der Waals surface area contributed by atoms with Crippen molar-refractivity contribution in [3.8, 4) is 0 Å². The van der Waals surface area contributed by atoms with Gasteiger partial charge in [0.15, 0.2) is 0 Å². The zero-order valence-corrected chi connectivity index (χ0v) is 11.1. The van der Waals surface area contributed by atoms with Crippen molar-refractivity contribution < 1.29 is 18.3 Å². The highest BCUT2D eigenvalue weighted by atomic mass is 32.2. The molecule has 1 aromatic rings. The molecule has 0 aliphatic rings. The number of anilines is 1. The molecule has 0 aliphatic carbocycles. The van der Waals surface area contributed by atoms with Crippen LogP contribution in [0.5, 0.6) is 0 Å². The zero-order chi connectivity index (χ0) is 13.8.